The SMILES string of the molecule is Cc1cc2ccc(-c3cc(F)cc(F)c3)cc2c(C(C)(C)C)c1-c1cc(C(C)(C)C)cc[n+]1C. The van der Waals surface area contributed by atoms with Crippen LogP contribution in [0.2, 0.25) is 0 Å². The molecule has 1 aromatic heterocycles. The van der Waals surface area contributed by atoms with E-state index in [0.29, 0.717) is 5.56 Å². The lowest BCUT2D eigenvalue weighted by molar-refractivity contribution is -0.660. The van der Waals surface area contributed by atoms with E-state index >= 15 is 0 Å². The molecule has 0 N–H and O–H groups in total. The van der Waals surface area contributed by atoms with Crippen molar-refractivity contribution in [1.29, 1.82) is 0 Å². The summed E-state index contributed by atoms with van der Waals surface area (Å²) in [4.78, 5) is 0. The molecule has 0 saturated carbocycles. The Bertz CT molecular complexity index is 1380. The van der Waals surface area contributed by atoms with E-state index < -0.39 is 11.6 Å². The second kappa shape index (κ2) is 8.30. The summed E-state index contributed by atoms with van der Waals surface area (Å²) in [6.07, 6.45) is 2.14. The van der Waals surface area contributed by atoms with Gasteiger partial charge >= 0.3 is 0 Å². The van der Waals surface area contributed by atoms with Crippen LogP contribution in [0.5, 0.6) is 0 Å². The molecule has 0 saturated heterocycles. The summed E-state index contributed by atoms with van der Waals surface area (Å²) in [7, 11) is 2.09. The smallest absolute Gasteiger partial charge is 0.207 e. The fourth-order valence-electron chi connectivity index (χ4n) is 4.83. The standard InChI is InChI=1S/C31H34F2N/c1-19-13-21-10-9-20(22-14-24(32)18-25(33)15-22)16-26(21)29(31(5,6)7)28(19)27-17-23(30(2,3)4)11-12-34(27)8/h9-18H,1-8H3/q+1. The maximum atomic E-state index is 14.0. The average molecular weight is 459 g/mol. The normalized spacial score (nSPS) is 12.4. The van der Waals surface area contributed by atoms with Gasteiger partial charge in [0.25, 0.3) is 0 Å². The van der Waals surface area contributed by atoms with Gasteiger partial charge in [-0.05, 0) is 74.5 Å². The molecule has 0 fully saturated rings. The Morgan fingerprint density at radius 2 is 1.35 bits per heavy atom. The Labute approximate surface area is 202 Å². The molecule has 0 aliphatic rings. The summed E-state index contributed by atoms with van der Waals surface area (Å²) in [6, 6.07) is 16.5. The van der Waals surface area contributed by atoms with Crippen LogP contribution in [0.4, 0.5) is 8.78 Å². The molecule has 0 spiro atoms. The van der Waals surface area contributed by atoms with Crippen LogP contribution >= 0.6 is 0 Å². The highest BCUT2D eigenvalue weighted by molar-refractivity contribution is 5.96. The number of nitrogens with zero attached hydrogens (tertiary/aromatic N) is 1. The van der Waals surface area contributed by atoms with E-state index in [0.717, 1.165) is 22.4 Å². The maximum Gasteiger partial charge on any atom is 0.213 e. The minimum absolute atomic E-state index is 0.0320. The van der Waals surface area contributed by atoms with Crippen LogP contribution in [0.3, 0.4) is 0 Å². The first-order chi connectivity index (χ1) is 15.8. The highest BCUT2D eigenvalue weighted by Gasteiger charge is 2.29. The number of hydrogen-bond acceptors (Lipinski definition) is 0. The second-order valence-electron chi connectivity index (χ2n) is 11.4. The maximum absolute atomic E-state index is 14.0. The van der Waals surface area contributed by atoms with Crippen molar-refractivity contribution in [2.45, 2.75) is 59.3 Å². The Hall–Kier alpha value is -3.07. The fourth-order valence-corrected chi connectivity index (χ4v) is 4.83. The van der Waals surface area contributed by atoms with E-state index in [2.05, 4.69) is 96.6 Å². The number of aromatic nitrogens is 1. The van der Waals surface area contributed by atoms with Gasteiger partial charge in [0.15, 0.2) is 6.20 Å². The number of aryl methyl sites for hydroxylation is 2. The second-order valence-corrected chi connectivity index (χ2v) is 11.4. The van der Waals surface area contributed by atoms with Crippen LogP contribution in [0.1, 0.15) is 58.2 Å². The number of pyridine rings is 1. The molecular formula is C31H34F2N+. The van der Waals surface area contributed by atoms with Gasteiger partial charge < -0.3 is 0 Å². The summed E-state index contributed by atoms with van der Waals surface area (Å²) < 4.78 is 30.1. The number of benzene rings is 3. The molecule has 0 aliphatic carbocycles. The minimum Gasteiger partial charge on any atom is -0.207 e. The molecule has 4 rings (SSSR count). The van der Waals surface area contributed by atoms with Crippen LogP contribution in [-0.4, -0.2) is 0 Å². The molecule has 4 aromatic rings. The number of hydrogen-bond donors (Lipinski definition) is 0. The Kier molecular flexibility index (Phi) is 5.88. The molecule has 1 heterocycles. The van der Waals surface area contributed by atoms with E-state index in [1.165, 1.54) is 40.1 Å². The van der Waals surface area contributed by atoms with Gasteiger partial charge in [-0.3, -0.25) is 0 Å². The van der Waals surface area contributed by atoms with E-state index in [-0.39, 0.29) is 10.8 Å². The summed E-state index contributed by atoms with van der Waals surface area (Å²) in [5, 5.41) is 2.23. The van der Waals surface area contributed by atoms with Crippen molar-refractivity contribution in [2.24, 2.45) is 7.05 Å². The third-order valence-electron chi connectivity index (χ3n) is 6.56. The molecular weight excluding hydrogens is 424 g/mol. The van der Waals surface area contributed by atoms with Crippen LogP contribution in [-0.2, 0) is 17.9 Å². The van der Waals surface area contributed by atoms with Crippen molar-refractivity contribution in [3.8, 4) is 22.4 Å². The molecule has 3 heteroatoms. The van der Waals surface area contributed by atoms with Crippen molar-refractivity contribution >= 4 is 10.8 Å². The zero-order valence-electron chi connectivity index (χ0n) is 21.5. The van der Waals surface area contributed by atoms with E-state index in [4.69, 9.17) is 0 Å². The molecule has 1 nitrogen and oxygen atoms in total. The molecule has 0 radical (unpaired) electrons. The predicted molar refractivity (Wildman–Crippen MR) is 138 cm³/mol. The van der Waals surface area contributed by atoms with E-state index in [1.807, 2.05) is 6.07 Å². The molecule has 0 unspecified atom stereocenters. The molecule has 0 atom stereocenters. The first kappa shape index (κ1) is 24.1. The first-order valence-corrected chi connectivity index (χ1v) is 11.8. The number of halogens is 2. The molecule has 0 bridgehead atoms. The Morgan fingerprint density at radius 3 is 1.94 bits per heavy atom. The Balaban J connectivity index is 2.08. The highest BCUT2D eigenvalue weighted by Crippen LogP contribution is 2.41. The lowest BCUT2D eigenvalue weighted by Gasteiger charge is -2.27. The molecule has 0 aliphatic heterocycles. The zero-order valence-corrected chi connectivity index (χ0v) is 21.5. The van der Waals surface area contributed by atoms with Gasteiger partial charge in [-0.15, -0.1) is 0 Å². The summed E-state index contributed by atoms with van der Waals surface area (Å²) in [5.41, 5.74) is 7.34. The third kappa shape index (κ3) is 4.49. The quantitative estimate of drug-likeness (QED) is 0.267. The van der Waals surface area contributed by atoms with Gasteiger partial charge in [-0.2, -0.15) is 0 Å². The van der Waals surface area contributed by atoms with Gasteiger partial charge in [0.1, 0.15) is 18.7 Å². The van der Waals surface area contributed by atoms with Gasteiger partial charge in [-0.1, -0.05) is 59.7 Å². The lowest BCUT2D eigenvalue weighted by atomic mass is 9.77. The highest BCUT2D eigenvalue weighted by atomic mass is 19.1. The van der Waals surface area contributed by atoms with Crippen molar-refractivity contribution in [3.63, 3.8) is 0 Å². The van der Waals surface area contributed by atoms with Crippen molar-refractivity contribution < 1.29 is 13.3 Å². The summed E-state index contributed by atoms with van der Waals surface area (Å²) >= 11 is 0. The lowest BCUT2D eigenvalue weighted by Crippen LogP contribution is -2.33. The van der Waals surface area contributed by atoms with Crippen LogP contribution < -0.4 is 4.57 Å². The molecule has 3 aromatic carbocycles. The predicted octanol–water partition coefficient (Wildman–Crippen LogP) is 8.18. The van der Waals surface area contributed by atoms with Gasteiger partial charge in [0, 0.05) is 18.2 Å². The zero-order chi connectivity index (χ0) is 25.0. The molecule has 0 amide bonds. The minimum atomic E-state index is -0.568. The average Bonchev–Trinajstić information content (AvgIpc) is 2.70. The van der Waals surface area contributed by atoms with Crippen molar-refractivity contribution in [2.75, 3.05) is 0 Å². The van der Waals surface area contributed by atoms with Crippen LogP contribution in [0.25, 0.3) is 33.2 Å². The van der Waals surface area contributed by atoms with Gasteiger partial charge in [0.2, 0.25) is 5.69 Å². The van der Waals surface area contributed by atoms with Crippen molar-refractivity contribution in [1.82, 2.24) is 0 Å². The van der Waals surface area contributed by atoms with Crippen LogP contribution in [0, 0.1) is 18.6 Å². The topological polar surface area (TPSA) is 3.88 Å². The van der Waals surface area contributed by atoms with E-state index in [1.54, 1.807) is 0 Å². The fraction of sp³-hybridized carbons (Fsp3) is 0.323. The summed E-state index contributed by atoms with van der Waals surface area (Å²) in [6.45, 7) is 15.5. The molecule has 176 valence electrons. The van der Waals surface area contributed by atoms with Crippen molar-refractivity contribution in [3.05, 3.63) is 89.1 Å². The third-order valence-corrected chi connectivity index (χ3v) is 6.56. The number of fused-ring (bicyclic) bond motifs is 1. The number of rotatable bonds is 2. The Morgan fingerprint density at radius 1 is 0.706 bits per heavy atom. The van der Waals surface area contributed by atoms with Crippen LogP contribution in [0.15, 0.2) is 60.8 Å². The first-order valence-electron chi connectivity index (χ1n) is 11.8. The molecule has 34 heavy (non-hydrogen) atoms. The monoisotopic (exact) mass is 458 g/mol. The summed E-state index contributed by atoms with van der Waals surface area (Å²) in [5.74, 6) is -1.14. The largest absolute Gasteiger partial charge is 0.213 e. The van der Waals surface area contributed by atoms with E-state index in [9.17, 15) is 8.78 Å². The van der Waals surface area contributed by atoms with Gasteiger partial charge in [-0.25, -0.2) is 13.3 Å². The van der Waals surface area contributed by atoms with Gasteiger partial charge in [0.05, 0.1) is 5.56 Å².